The number of halogens is 1. The zero-order valence-corrected chi connectivity index (χ0v) is 19.7. The number of aromatic nitrogens is 3. The van der Waals surface area contributed by atoms with E-state index in [0.717, 1.165) is 36.4 Å². The molecule has 1 fully saturated rings. The molecule has 2 N–H and O–H groups in total. The molecule has 0 aliphatic carbocycles. The summed E-state index contributed by atoms with van der Waals surface area (Å²) in [6.07, 6.45) is 2.43. The zero-order valence-electron chi connectivity index (χ0n) is 18.9. The van der Waals surface area contributed by atoms with Crippen molar-refractivity contribution in [2.75, 3.05) is 26.2 Å². The van der Waals surface area contributed by atoms with Crippen LogP contribution in [0.3, 0.4) is 0 Å². The fourth-order valence-electron chi connectivity index (χ4n) is 3.70. The van der Waals surface area contributed by atoms with Crippen molar-refractivity contribution in [3.8, 4) is 5.75 Å². The van der Waals surface area contributed by atoms with Crippen molar-refractivity contribution < 1.29 is 4.74 Å². The van der Waals surface area contributed by atoms with E-state index in [1.165, 1.54) is 19.4 Å². The molecule has 1 saturated heterocycles. The second kappa shape index (κ2) is 11.3. The van der Waals surface area contributed by atoms with Crippen molar-refractivity contribution in [1.29, 1.82) is 0 Å². The zero-order chi connectivity index (χ0) is 22.2. The Morgan fingerprint density at radius 2 is 2.06 bits per heavy atom. The lowest BCUT2D eigenvalue weighted by molar-refractivity contribution is 0.223. The van der Waals surface area contributed by atoms with Crippen LogP contribution in [0.5, 0.6) is 5.75 Å². The van der Waals surface area contributed by atoms with Crippen LogP contribution in [0.4, 0.5) is 0 Å². The number of benzene rings is 1. The standard InChI is InChI=1S/C22H34ClN7O/c1-5-30-12-6-7-19(30)14-25-22(26-15-21-28-27-17(3)29(21)4)24-13-16(2)31-20-10-8-18(23)9-11-20/h8-11,16,19H,5-7,12-15H2,1-4H3,(H2,24,25,26). The third kappa shape index (κ3) is 6.83. The number of aryl methyl sites for hydroxylation is 1. The maximum Gasteiger partial charge on any atom is 0.191 e. The fourth-order valence-corrected chi connectivity index (χ4v) is 3.82. The second-order valence-corrected chi connectivity index (χ2v) is 8.39. The number of guanidine groups is 1. The van der Waals surface area contributed by atoms with Gasteiger partial charge in [-0.05, 0) is 64.0 Å². The smallest absolute Gasteiger partial charge is 0.191 e. The molecule has 31 heavy (non-hydrogen) atoms. The molecule has 2 unspecified atom stereocenters. The Morgan fingerprint density at radius 1 is 1.29 bits per heavy atom. The van der Waals surface area contributed by atoms with Gasteiger partial charge >= 0.3 is 0 Å². The summed E-state index contributed by atoms with van der Waals surface area (Å²) in [4.78, 5) is 7.27. The van der Waals surface area contributed by atoms with E-state index < -0.39 is 0 Å². The van der Waals surface area contributed by atoms with Gasteiger partial charge in [0.1, 0.15) is 24.2 Å². The summed E-state index contributed by atoms with van der Waals surface area (Å²) >= 11 is 5.95. The summed E-state index contributed by atoms with van der Waals surface area (Å²) in [6, 6.07) is 7.95. The third-order valence-corrected chi connectivity index (χ3v) is 5.93. The van der Waals surface area contributed by atoms with Crippen molar-refractivity contribution in [2.45, 2.75) is 52.3 Å². The summed E-state index contributed by atoms with van der Waals surface area (Å²) in [5.41, 5.74) is 0. The van der Waals surface area contributed by atoms with E-state index in [1.54, 1.807) is 0 Å². The van der Waals surface area contributed by atoms with Gasteiger partial charge in [0.15, 0.2) is 11.8 Å². The summed E-state index contributed by atoms with van der Waals surface area (Å²) in [5, 5.41) is 16.0. The maximum atomic E-state index is 5.98. The first-order valence-corrected chi connectivity index (χ1v) is 11.4. The molecule has 0 spiro atoms. The Hall–Kier alpha value is -2.32. The first-order chi connectivity index (χ1) is 15.0. The van der Waals surface area contributed by atoms with Gasteiger partial charge < -0.3 is 19.9 Å². The number of nitrogens with zero attached hydrogens (tertiary/aromatic N) is 5. The number of aliphatic imine (C=N–C) groups is 1. The quantitative estimate of drug-likeness (QED) is 0.454. The topological polar surface area (TPSA) is 79.6 Å². The van der Waals surface area contributed by atoms with Crippen LogP contribution < -0.4 is 15.4 Å². The maximum absolute atomic E-state index is 5.98. The molecule has 2 heterocycles. The van der Waals surface area contributed by atoms with E-state index in [-0.39, 0.29) is 6.10 Å². The van der Waals surface area contributed by atoms with Crippen molar-refractivity contribution in [1.82, 2.24) is 30.3 Å². The Labute approximate surface area is 190 Å². The number of likely N-dealkylation sites (N-methyl/N-ethyl adjacent to an activating group) is 1. The highest BCUT2D eigenvalue weighted by atomic mass is 35.5. The minimum Gasteiger partial charge on any atom is -0.489 e. The highest BCUT2D eigenvalue weighted by Crippen LogP contribution is 2.17. The molecule has 0 radical (unpaired) electrons. The Balaban J connectivity index is 1.59. The molecule has 1 aliphatic rings. The number of likely N-dealkylation sites (tertiary alicyclic amines) is 1. The molecule has 9 heteroatoms. The highest BCUT2D eigenvalue weighted by molar-refractivity contribution is 6.30. The molecule has 2 atom stereocenters. The lowest BCUT2D eigenvalue weighted by atomic mass is 10.2. The van der Waals surface area contributed by atoms with Gasteiger partial charge in [0.2, 0.25) is 0 Å². The van der Waals surface area contributed by atoms with Crippen LogP contribution in [0.2, 0.25) is 5.02 Å². The van der Waals surface area contributed by atoms with Crippen molar-refractivity contribution in [2.24, 2.45) is 12.0 Å². The van der Waals surface area contributed by atoms with E-state index >= 15 is 0 Å². The van der Waals surface area contributed by atoms with E-state index in [0.29, 0.717) is 24.2 Å². The molecule has 8 nitrogen and oxygen atoms in total. The van der Waals surface area contributed by atoms with Crippen LogP contribution in [0, 0.1) is 6.92 Å². The van der Waals surface area contributed by atoms with Gasteiger partial charge in [-0.1, -0.05) is 18.5 Å². The summed E-state index contributed by atoms with van der Waals surface area (Å²) in [7, 11) is 1.96. The predicted molar refractivity (Wildman–Crippen MR) is 125 cm³/mol. The van der Waals surface area contributed by atoms with Crippen molar-refractivity contribution >= 4 is 17.6 Å². The number of hydrogen-bond acceptors (Lipinski definition) is 5. The number of nitrogens with one attached hydrogen (secondary N) is 2. The lowest BCUT2D eigenvalue weighted by Crippen LogP contribution is -2.46. The fraction of sp³-hybridized carbons (Fsp3) is 0.591. The van der Waals surface area contributed by atoms with Gasteiger partial charge in [0.05, 0.1) is 6.54 Å². The molecular weight excluding hydrogens is 414 g/mol. The first-order valence-electron chi connectivity index (χ1n) is 11.0. The van der Waals surface area contributed by atoms with Gasteiger partial charge in [-0.2, -0.15) is 0 Å². The Bertz CT molecular complexity index is 852. The van der Waals surface area contributed by atoms with E-state index in [4.69, 9.17) is 21.3 Å². The van der Waals surface area contributed by atoms with Gasteiger partial charge in [-0.15, -0.1) is 10.2 Å². The largest absolute Gasteiger partial charge is 0.489 e. The van der Waals surface area contributed by atoms with Crippen LogP contribution in [0.15, 0.2) is 29.3 Å². The lowest BCUT2D eigenvalue weighted by Gasteiger charge is -2.24. The molecule has 0 amide bonds. The third-order valence-electron chi connectivity index (χ3n) is 5.68. The molecule has 0 bridgehead atoms. The molecule has 3 rings (SSSR count). The monoisotopic (exact) mass is 447 g/mol. The van der Waals surface area contributed by atoms with Crippen LogP contribution in [-0.2, 0) is 13.6 Å². The molecular formula is C22H34ClN7O. The Morgan fingerprint density at radius 3 is 2.74 bits per heavy atom. The van der Waals surface area contributed by atoms with Crippen molar-refractivity contribution in [3.05, 3.63) is 40.9 Å². The summed E-state index contributed by atoms with van der Waals surface area (Å²) < 4.78 is 7.94. The second-order valence-electron chi connectivity index (χ2n) is 7.96. The van der Waals surface area contributed by atoms with Crippen LogP contribution in [0.25, 0.3) is 0 Å². The van der Waals surface area contributed by atoms with Crippen molar-refractivity contribution in [3.63, 3.8) is 0 Å². The summed E-state index contributed by atoms with van der Waals surface area (Å²) in [5.74, 6) is 3.27. The molecule has 0 saturated carbocycles. The number of rotatable bonds is 9. The molecule has 1 aliphatic heterocycles. The number of ether oxygens (including phenoxy) is 1. The van der Waals surface area contributed by atoms with Gasteiger partial charge in [0, 0.05) is 24.7 Å². The SMILES string of the molecule is CCN1CCCC1CNC(=NCc1nnc(C)n1C)NCC(C)Oc1ccc(Cl)cc1. The minimum atomic E-state index is -0.0381. The van der Waals surface area contributed by atoms with Crippen LogP contribution in [-0.4, -0.2) is 63.9 Å². The van der Waals surface area contributed by atoms with Crippen LogP contribution in [0.1, 0.15) is 38.3 Å². The minimum absolute atomic E-state index is 0.0381. The van der Waals surface area contributed by atoms with Gasteiger partial charge in [0.25, 0.3) is 0 Å². The molecule has 1 aromatic carbocycles. The highest BCUT2D eigenvalue weighted by Gasteiger charge is 2.23. The number of hydrogen-bond donors (Lipinski definition) is 2. The van der Waals surface area contributed by atoms with E-state index in [1.807, 2.05) is 49.7 Å². The first kappa shape index (κ1) is 23.3. The Kier molecular flexibility index (Phi) is 8.54. The van der Waals surface area contributed by atoms with Crippen LogP contribution >= 0.6 is 11.6 Å². The van der Waals surface area contributed by atoms with Gasteiger partial charge in [-0.25, -0.2) is 4.99 Å². The van der Waals surface area contributed by atoms with E-state index in [2.05, 4.69) is 32.7 Å². The normalized spacial score (nSPS) is 18.2. The average molecular weight is 448 g/mol. The average Bonchev–Trinajstić information content (AvgIpc) is 3.35. The van der Waals surface area contributed by atoms with Gasteiger partial charge in [-0.3, -0.25) is 4.90 Å². The molecule has 1 aromatic heterocycles. The summed E-state index contributed by atoms with van der Waals surface area (Å²) in [6.45, 7) is 10.4. The molecule has 170 valence electrons. The van der Waals surface area contributed by atoms with E-state index in [9.17, 15) is 0 Å². The predicted octanol–water partition coefficient (Wildman–Crippen LogP) is 2.76. The molecule has 2 aromatic rings.